The molecule has 2 aromatic heterocycles. The van der Waals surface area contributed by atoms with Crippen molar-refractivity contribution in [1.29, 1.82) is 0 Å². The molecule has 1 fully saturated rings. The monoisotopic (exact) mass is 413 g/mol. The highest BCUT2D eigenvalue weighted by Crippen LogP contribution is 2.34. The number of rotatable bonds is 5. The smallest absolute Gasteiger partial charge is 0.228 e. The molecule has 4 rings (SSSR count). The maximum atomic E-state index is 12.7. The highest BCUT2D eigenvalue weighted by Gasteiger charge is 2.28. The molecular weight excluding hydrogens is 394 g/mol. The Hall–Kier alpha value is -3.00. The zero-order valence-corrected chi connectivity index (χ0v) is 16.8. The van der Waals surface area contributed by atoms with E-state index in [1.165, 1.54) is 17.8 Å². The topological polar surface area (TPSA) is 98.8 Å². The van der Waals surface area contributed by atoms with E-state index in [0.717, 1.165) is 0 Å². The molecule has 1 aromatic carbocycles. The summed E-state index contributed by atoms with van der Waals surface area (Å²) in [5, 5.41) is 2.73. The molecule has 150 valence electrons. The van der Waals surface area contributed by atoms with E-state index in [1.54, 1.807) is 38.3 Å². The maximum absolute atomic E-state index is 12.7. The van der Waals surface area contributed by atoms with Crippen LogP contribution in [0.3, 0.4) is 0 Å². The molecule has 1 N–H and O–H groups in total. The molecule has 0 bridgehead atoms. The number of thioether (sulfide) groups is 1. The van der Waals surface area contributed by atoms with Crippen molar-refractivity contribution in [3.63, 3.8) is 0 Å². The largest absolute Gasteiger partial charge is 0.497 e. The third-order valence-corrected chi connectivity index (χ3v) is 5.75. The van der Waals surface area contributed by atoms with Crippen LogP contribution in [0.15, 0.2) is 44.0 Å². The Morgan fingerprint density at radius 3 is 2.62 bits per heavy atom. The van der Waals surface area contributed by atoms with E-state index < -0.39 is 6.04 Å². The molecular formula is C21H19NO6S. The molecule has 29 heavy (non-hydrogen) atoms. The quantitative estimate of drug-likeness (QED) is 0.686. The molecule has 8 heteroatoms. The van der Waals surface area contributed by atoms with Gasteiger partial charge in [-0.1, -0.05) is 11.8 Å². The molecule has 0 saturated carbocycles. The fourth-order valence-electron chi connectivity index (χ4n) is 3.33. The van der Waals surface area contributed by atoms with E-state index in [4.69, 9.17) is 13.6 Å². The summed E-state index contributed by atoms with van der Waals surface area (Å²) in [6.07, 6.45) is 0.538. The van der Waals surface area contributed by atoms with Gasteiger partial charge in [0.2, 0.25) is 22.0 Å². The zero-order valence-electron chi connectivity index (χ0n) is 15.9. The number of ether oxygens (including phenoxy) is 1. The summed E-state index contributed by atoms with van der Waals surface area (Å²) in [5.41, 5.74) is 1.17. The first-order valence-electron chi connectivity index (χ1n) is 9.13. The minimum absolute atomic E-state index is 0.0341. The number of hydrogen-bond donors (Lipinski definition) is 1. The van der Waals surface area contributed by atoms with Crippen molar-refractivity contribution < 1.29 is 23.2 Å². The number of fused-ring (bicyclic) bond motifs is 1. The fourth-order valence-corrected chi connectivity index (χ4v) is 4.26. The maximum Gasteiger partial charge on any atom is 0.228 e. The summed E-state index contributed by atoms with van der Waals surface area (Å²) >= 11 is 1.22. The molecule has 1 saturated heterocycles. The molecule has 1 atom stereocenters. The summed E-state index contributed by atoms with van der Waals surface area (Å²) in [6, 6.07) is 7.97. The lowest BCUT2D eigenvalue weighted by molar-refractivity contribution is -0.124. The third-order valence-electron chi connectivity index (χ3n) is 4.74. The Kier molecular flexibility index (Phi) is 5.19. The molecule has 1 aliphatic rings. The van der Waals surface area contributed by atoms with Gasteiger partial charge in [-0.2, -0.15) is 0 Å². The van der Waals surface area contributed by atoms with Crippen LogP contribution in [0.25, 0.3) is 22.5 Å². The number of amides is 1. The summed E-state index contributed by atoms with van der Waals surface area (Å²) < 4.78 is 16.8. The van der Waals surface area contributed by atoms with Gasteiger partial charge in [0.05, 0.1) is 25.1 Å². The lowest BCUT2D eigenvalue weighted by Gasteiger charge is -2.10. The second-order valence-corrected chi connectivity index (χ2v) is 7.87. The van der Waals surface area contributed by atoms with Gasteiger partial charge in [0.1, 0.15) is 17.3 Å². The van der Waals surface area contributed by atoms with Crippen molar-refractivity contribution in [2.24, 2.45) is 0 Å². The molecule has 1 amide bonds. The van der Waals surface area contributed by atoms with E-state index in [0.29, 0.717) is 40.6 Å². The molecule has 0 spiro atoms. The van der Waals surface area contributed by atoms with Gasteiger partial charge in [-0.05, 0) is 37.6 Å². The molecule has 0 radical (unpaired) electrons. The van der Waals surface area contributed by atoms with E-state index in [2.05, 4.69) is 5.32 Å². The second-order valence-electron chi connectivity index (χ2n) is 6.77. The molecule has 1 unspecified atom stereocenters. The minimum atomic E-state index is -0.483. The lowest BCUT2D eigenvalue weighted by atomic mass is 10.0. The number of nitrogens with one attached hydrogen (secondary N) is 1. The molecule has 3 heterocycles. The van der Waals surface area contributed by atoms with Gasteiger partial charge < -0.3 is 18.9 Å². The second kappa shape index (κ2) is 7.79. The average molecular weight is 413 g/mol. The third kappa shape index (κ3) is 3.80. The van der Waals surface area contributed by atoms with Crippen LogP contribution in [0, 0.1) is 6.92 Å². The standard InChI is InChI=1S/C21H19NO6S/c1-11-9-16(23)20-19(27-11)14(10-17(24)22-15-7-8-29-21(15)25)18(28-20)12-3-5-13(26-2)6-4-12/h3-6,9,15H,7-8,10H2,1-2H3,(H,22,24). The number of carbonyl (C=O) groups is 2. The van der Waals surface area contributed by atoms with Gasteiger partial charge in [0.25, 0.3) is 0 Å². The summed E-state index contributed by atoms with van der Waals surface area (Å²) in [6.45, 7) is 1.67. The van der Waals surface area contributed by atoms with Crippen LogP contribution in [0.4, 0.5) is 0 Å². The minimum Gasteiger partial charge on any atom is -0.497 e. The predicted octanol–water partition coefficient (Wildman–Crippen LogP) is 3.06. The van der Waals surface area contributed by atoms with Gasteiger partial charge in [0, 0.05) is 17.4 Å². The molecule has 3 aromatic rings. The fraction of sp³-hybridized carbons (Fsp3) is 0.286. The van der Waals surface area contributed by atoms with Gasteiger partial charge in [-0.15, -0.1) is 0 Å². The van der Waals surface area contributed by atoms with Crippen molar-refractivity contribution in [2.45, 2.75) is 25.8 Å². The first kappa shape index (κ1) is 19.3. The van der Waals surface area contributed by atoms with Crippen LogP contribution < -0.4 is 15.5 Å². The van der Waals surface area contributed by atoms with Gasteiger partial charge >= 0.3 is 0 Å². The van der Waals surface area contributed by atoms with E-state index in [1.807, 2.05) is 0 Å². The Labute approximate surface area is 170 Å². The Morgan fingerprint density at radius 2 is 1.97 bits per heavy atom. The zero-order chi connectivity index (χ0) is 20.5. The molecule has 1 aliphatic heterocycles. The van der Waals surface area contributed by atoms with Crippen molar-refractivity contribution >= 4 is 34.0 Å². The van der Waals surface area contributed by atoms with Crippen LogP contribution in [-0.2, 0) is 16.0 Å². The number of carbonyl (C=O) groups excluding carboxylic acids is 2. The molecule has 0 aliphatic carbocycles. The number of aryl methyl sites for hydroxylation is 1. The Balaban J connectivity index is 1.76. The Bertz CT molecular complexity index is 1140. The summed E-state index contributed by atoms with van der Waals surface area (Å²) in [7, 11) is 1.57. The highest BCUT2D eigenvalue weighted by molar-refractivity contribution is 8.14. The first-order chi connectivity index (χ1) is 14.0. The normalized spacial score (nSPS) is 16.3. The number of benzene rings is 1. The van der Waals surface area contributed by atoms with Crippen molar-refractivity contribution in [3.05, 3.63) is 51.9 Å². The summed E-state index contributed by atoms with van der Waals surface area (Å²) in [4.78, 5) is 36.9. The van der Waals surface area contributed by atoms with Crippen LogP contribution >= 0.6 is 11.8 Å². The van der Waals surface area contributed by atoms with Gasteiger partial charge in [0.15, 0.2) is 5.58 Å². The summed E-state index contributed by atoms with van der Waals surface area (Å²) in [5.74, 6) is 1.85. The van der Waals surface area contributed by atoms with E-state index >= 15 is 0 Å². The van der Waals surface area contributed by atoms with Crippen LogP contribution in [0.1, 0.15) is 17.7 Å². The number of methoxy groups -OCH3 is 1. The van der Waals surface area contributed by atoms with Gasteiger partial charge in [-0.25, -0.2) is 0 Å². The SMILES string of the molecule is COc1ccc(-c2oc3c(=O)cc(C)oc3c2CC(=O)NC2CCSC2=O)cc1. The van der Waals surface area contributed by atoms with Crippen LogP contribution in [0.2, 0.25) is 0 Å². The lowest BCUT2D eigenvalue weighted by Crippen LogP contribution is -2.38. The number of furan rings is 1. The average Bonchev–Trinajstić information content (AvgIpc) is 3.26. The van der Waals surface area contributed by atoms with Gasteiger partial charge in [-0.3, -0.25) is 14.4 Å². The first-order valence-corrected chi connectivity index (χ1v) is 10.1. The van der Waals surface area contributed by atoms with E-state index in [-0.39, 0.29) is 34.0 Å². The number of hydrogen-bond acceptors (Lipinski definition) is 7. The van der Waals surface area contributed by atoms with Crippen LogP contribution in [0.5, 0.6) is 5.75 Å². The van der Waals surface area contributed by atoms with Crippen molar-refractivity contribution in [1.82, 2.24) is 5.32 Å². The van der Waals surface area contributed by atoms with Crippen LogP contribution in [-0.4, -0.2) is 29.9 Å². The van der Waals surface area contributed by atoms with Crippen molar-refractivity contribution in [3.8, 4) is 17.1 Å². The van der Waals surface area contributed by atoms with E-state index in [9.17, 15) is 14.4 Å². The predicted molar refractivity (Wildman–Crippen MR) is 109 cm³/mol. The Morgan fingerprint density at radius 1 is 1.21 bits per heavy atom. The highest BCUT2D eigenvalue weighted by atomic mass is 32.2. The molecule has 7 nitrogen and oxygen atoms in total. The van der Waals surface area contributed by atoms with Crippen molar-refractivity contribution in [2.75, 3.05) is 12.9 Å².